The molecule has 2 rings (SSSR count). The minimum Gasteiger partial charge on any atom is -0.336 e. The van der Waals surface area contributed by atoms with Crippen molar-refractivity contribution in [1.82, 2.24) is 4.90 Å². The summed E-state index contributed by atoms with van der Waals surface area (Å²) < 4.78 is 27.5. The van der Waals surface area contributed by atoms with E-state index >= 15 is 0 Å². The molecule has 1 aromatic rings. The predicted molar refractivity (Wildman–Crippen MR) is 71.9 cm³/mol. The fourth-order valence-corrected chi connectivity index (χ4v) is 2.70. The monoisotopic (exact) mass is 298 g/mol. The summed E-state index contributed by atoms with van der Waals surface area (Å²) in [5, 5.41) is 10.5. The van der Waals surface area contributed by atoms with Gasteiger partial charge in [-0.05, 0) is 31.7 Å². The number of amides is 1. The minimum atomic E-state index is -1.21. The van der Waals surface area contributed by atoms with E-state index in [1.807, 2.05) is 6.92 Å². The normalized spacial score (nSPS) is 22.2. The van der Waals surface area contributed by atoms with Crippen molar-refractivity contribution in [3.8, 4) is 0 Å². The quantitative estimate of drug-likeness (QED) is 0.622. The number of carbonyl (C=O) groups is 1. The van der Waals surface area contributed by atoms with E-state index in [4.69, 9.17) is 0 Å². The molecule has 0 bridgehead atoms. The maximum Gasteiger partial charge on any atom is 0.307 e. The molecule has 1 aliphatic heterocycles. The van der Waals surface area contributed by atoms with Gasteiger partial charge in [-0.1, -0.05) is 6.92 Å². The number of nitro groups is 1. The van der Waals surface area contributed by atoms with Gasteiger partial charge in [-0.2, -0.15) is 4.39 Å². The van der Waals surface area contributed by atoms with Crippen LogP contribution < -0.4 is 0 Å². The molecule has 0 saturated carbocycles. The Kier molecular flexibility index (Phi) is 4.20. The molecule has 5 nitrogen and oxygen atoms in total. The third-order valence-corrected chi connectivity index (χ3v) is 3.86. The lowest BCUT2D eigenvalue weighted by atomic mass is 9.93. The Bertz CT molecular complexity index is 592. The molecule has 0 aromatic heterocycles. The van der Waals surface area contributed by atoms with Crippen LogP contribution in [-0.4, -0.2) is 28.3 Å². The molecule has 1 aromatic carbocycles. The highest BCUT2D eigenvalue weighted by atomic mass is 19.1. The van der Waals surface area contributed by atoms with E-state index in [1.54, 1.807) is 0 Å². The van der Waals surface area contributed by atoms with Gasteiger partial charge in [0.15, 0.2) is 0 Å². The first-order valence-electron chi connectivity index (χ1n) is 6.75. The lowest BCUT2D eigenvalue weighted by Gasteiger charge is -2.36. The smallest absolute Gasteiger partial charge is 0.307 e. The van der Waals surface area contributed by atoms with Crippen molar-refractivity contribution in [3.05, 3.63) is 39.4 Å². The van der Waals surface area contributed by atoms with Gasteiger partial charge >= 0.3 is 5.69 Å². The molecule has 1 saturated heterocycles. The van der Waals surface area contributed by atoms with E-state index in [-0.39, 0.29) is 6.04 Å². The van der Waals surface area contributed by atoms with E-state index in [2.05, 4.69) is 6.92 Å². The molecule has 0 N–H and O–H groups in total. The number of piperidine rings is 1. The molecule has 0 radical (unpaired) electrons. The molecule has 1 aliphatic rings. The average molecular weight is 298 g/mol. The molecule has 1 fully saturated rings. The first-order chi connectivity index (χ1) is 9.81. The maximum absolute atomic E-state index is 13.9. The number of carbonyl (C=O) groups excluding carboxylic acids is 1. The lowest BCUT2D eigenvalue weighted by Crippen LogP contribution is -2.44. The van der Waals surface area contributed by atoms with Crippen LogP contribution in [0.5, 0.6) is 0 Å². The molecule has 2 unspecified atom stereocenters. The number of hydrogen-bond donors (Lipinski definition) is 0. The van der Waals surface area contributed by atoms with Gasteiger partial charge in [-0.3, -0.25) is 14.9 Å². The fourth-order valence-electron chi connectivity index (χ4n) is 2.70. The molecule has 1 heterocycles. The van der Waals surface area contributed by atoms with Crippen LogP contribution in [0.4, 0.5) is 14.5 Å². The Morgan fingerprint density at radius 1 is 1.33 bits per heavy atom. The van der Waals surface area contributed by atoms with Crippen LogP contribution in [0.25, 0.3) is 0 Å². The summed E-state index contributed by atoms with van der Waals surface area (Å²) in [7, 11) is 0. The summed E-state index contributed by atoms with van der Waals surface area (Å²) in [4.78, 5) is 23.3. The van der Waals surface area contributed by atoms with Crippen LogP contribution >= 0.6 is 0 Å². The van der Waals surface area contributed by atoms with E-state index in [0.717, 1.165) is 12.8 Å². The maximum atomic E-state index is 13.9. The van der Waals surface area contributed by atoms with Gasteiger partial charge in [0.2, 0.25) is 5.82 Å². The SMILES string of the molecule is CC1CCN(C(=O)c2cc(F)c([N+](=O)[O-])cc2F)C(C)C1. The number of likely N-dealkylation sites (tertiary alicyclic amines) is 1. The zero-order chi connectivity index (χ0) is 15.7. The van der Waals surface area contributed by atoms with Crippen molar-refractivity contribution in [2.45, 2.75) is 32.7 Å². The summed E-state index contributed by atoms with van der Waals surface area (Å²) in [6, 6.07) is 0.999. The number of hydrogen-bond acceptors (Lipinski definition) is 3. The van der Waals surface area contributed by atoms with Crippen LogP contribution in [0.15, 0.2) is 12.1 Å². The highest BCUT2D eigenvalue weighted by Gasteiger charge is 2.30. The van der Waals surface area contributed by atoms with Crippen LogP contribution in [0.1, 0.15) is 37.0 Å². The molecule has 7 heteroatoms. The van der Waals surface area contributed by atoms with Gasteiger partial charge in [0.25, 0.3) is 5.91 Å². The standard InChI is InChI=1S/C14H16F2N2O3/c1-8-3-4-17(9(2)5-8)14(19)10-6-12(16)13(18(20)21)7-11(10)15/h6-9H,3-5H2,1-2H3. The molecule has 21 heavy (non-hydrogen) atoms. The van der Waals surface area contributed by atoms with Crippen LogP contribution in [0, 0.1) is 27.7 Å². The van der Waals surface area contributed by atoms with Gasteiger partial charge < -0.3 is 4.90 Å². The molecule has 1 amide bonds. The van der Waals surface area contributed by atoms with Crippen molar-refractivity contribution in [3.63, 3.8) is 0 Å². The number of rotatable bonds is 2. The van der Waals surface area contributed by atoms with Gasteiger partial charge in [0, 0.05) is 12.6 Å². The second kappa shape index (κ2) is 5.75. The number of nitro benzene ring substituents is 1. The Morgan fingerprint density at radius 3 is 2.57 bits per heavy atom. The highest BCUT2D eigenvalue weighted by molar-refractivity contribution is 5.95. The Morgan fingerprint density at radius 2 is 2.00 bits per heavy atom. The molecule has 114 valence electrons. The second-order valence-corrected chi connectivity index (χ2v) is 5.52. The number of benzene rings is 1. The van der Waals surface area contributed by atoms with Gasteiger partial charge in [0.05, 0.1) is 16.6 Å². The van der Waals surface area contributed by atoms with E-state index in [1.165, 1.54) is 4.90 Å². The number of nitrogens with zero attached hydrogens (tertiary/aromatic N) is 2. The summed E-state index contributed by atoms with van der Waals surface area (Å²) >= 11 is 0. The van der Waals surface area contributed by atoms with Gasteiger partial charge in [-0.25, -0.2) is 4.39 Å². The summed E-state index contributed by atoms with van der Waals surface area (Å²) in [6.07, 6.45) is 1.59. The molecule has 2 atom stereocenters. The fraction of sp³-hybridized carbons (Fsp3) is 0.500. The average Bonchev–Trinajstić information content (AvgIpc) is 2.40. The van der Waals surface area contributed by atoms with Crippen molar-refractivity contribution in [2.24, 2.45) is 5.92 Å². The van der Waals surface area contributed by atoms with Crippen molar-refractivity contribution >= 4 is 11.6 Å². The van der Waals surface area contributed by atoms with Crippen molar-refractivity contribution in [1.29, 1.82) is 0 Å². The third kappa shape index (κ3) is 3.01. The summed E-state index contributed by atoms with van der Waals surface area (Å²) in [5.74, 6) is -2.43. The largest absolute Gasteiger partial charge is 0.336 e. The van der Waals surface area contributed by atoms with Crippen LogP contribution in [-0.2, 0) is 0 Å². The summed E-state index contributed by atoms with van der Waals surface area (Å²) in [5.41, 5.74) is -1.43. The molecular formula is C14H16F2N2O3. The third-order valence-electron chi connectivity index (χ3n) is 3.86. The van der Waals surface area contributed by atoms with E-state index in [0.29, 0.717) is 24.6 Å². The lowest BCUT2D eigenvalue weighted by molar-refractivity contribution is -0.387. The molecule has 0 spiro atoms. The minimum absolute atomic E-state index is 0.0705. The van der Waals surface area contributed by atoms with Gasteiger partial charge in [-0.15, -0.1) is 0 Å². The predicted octanol–water partition coefficient (Wildman–Crippen LogP) is 3.13. The summed E-state index contributed by atoms with van der Waals surface area (Å²) in [6.45, 7) is 4.40. The highest BCUT2D eigenvalue weighted by Crippen LogP contribution is 2.27. The Balaban J connectivity index is 2.31. The van der Waals surface area contributed by atoms with E-state index < -0.39 is 33.7 Å². The number of halogens is 2. The first-order valence-corrected chi connectivity index (χ1v) is 6.75. The van der Waals surface area contributed by atoms with Crippen LogP contribution in [0.3, 0.4) is 0 Å². The second-order valence-electron chi connectivity index (χ2n) is 5.52. The zero-order valence-electron chi connectivity index (χ0n) is 11.8. The molecular weight excluding hydrogens is 282 g/mol. The van der Waals surface area contributed by atoms with Crippen molar-refractivity contribution < 1.29 is 18.5 Å². The Labute approximate surface area is 120 Å². The van der Waals surface area contributed by atoms with Crippen LogP contribution in [0.2, 0.25) is 0 Å². The first kappa shape index (κ1) is 15.3. The van der Waals surface area contributed by atoms with Gasteiger partial charge in [0.1, 0.15) is 5.82 Å². The topological polar surface area (TPSA) is 63.5 Å². The van der Waals surface area contributed by atoms with Crippen molar-refractivity contribution in [2.75, 3.05) is 6.54 Å². The Hall–Kier alpha value is -2.05. The van der Waals surface area contributed by atoms with E-state index in [9.17, 15) is 23.7 Å². The molecule has 0 aliphatic carbocycles. The zero-order valence-corrected chi connectivity index (χ0v) is 11.8.